The highest BCUT2D eigenvalue weighted by molar-refractivity contribution is 7.71. The number of aromatic amines is 1. The molecule has 2 aliphatic carbocycles. The standard InChI is InChI=1S/C17H22N4OS2/c1-10(13-8-11-4-5-12(13)7-11)18-15(22)9-21-16(19-20-17(21)23)14-3-2-6-24-14/h2-3,6,10-13H,4-5,7-9H2,1H3,(H,18,22)(H,20,23). The fraction of sp³-hybridized carbons (Fsp3) is 0.588. The number of carbonyl (C=O) groups excluding carboxylic acids is 1. The van der Waals surface area contributed by atoms with Crippen molar-refractivity contribution in [2.24, 2.45) is 17.8 Å². The second-order valence-corrected chi connectivity index (χ2v) is 8.45. The lowest BCUT2D eigenvalue weighted by atomic mass is 9.84. The van der Waals surface area contributed by atoms with Crippen molar-refractivity contribution < 1.29 is 4.79 Å². The number of amides is 1. The van der Waals surface area contributed by atoms with Crippen LogP contribution in [-0.2, 0) is 11.3 Å². The average Bonchev–Trinajstić information content (AvgIpc) is 3.31. The Balaban J connectivity index is 1.43. The molecule has 2 saturated carbocycles. The van der Waals surface area contributed by atoms with Gasteiger partial charge in [-0.25, -0.2) is 0 Å². The third-order valence-electron chi connectivity index (χ3n) is 5.63. The van der Waals surface area contributed by atoms with E-state index >= 15 is 0 Å². The summed E-state index contributed by atoms with van der Waals surface area (Å²) >= 11 is 6.89. The zero-order valence-electron chi connectivity index (χ0n) is 13.7. The highest BCUT2D eigenvalue weighted by atomic mass is 32.1. The largest absolute Gasteiger partial charge is 0.352 e. The van der Waals surface area contributed by atoms with E-state index in [2.05, 4.69) is 22.4 Å². The minimum absolute atomic E-state index is 0.0144. The van der Waals surface area contributed by atoms with E-state index in [-0.39, 0.29) is 18.5 Å². The maximum absolute atomic E-state index is 12.5. The molecule has 4 rings (SSSR count). The van der Waals surface area contributed by atoms with E-state index in [0.717, 1.165) is 22.5 Å². The van der Waals surface area contributed by atoms with Crippen LogP contribution in [0.1, 0.15) is 32.6 Å². The molecule has 0 spiro atoms. The molecule has 24 heavy (non-hydrogen) atoms. The number of thiophene rings is 1. The van der Waals surface area contributed by atoms with Gasteiger partial charge >= 0.3 is 0 Å². The van der Waals surface area contributed by atoms with Gasteiger partial charge in [0.15, 0.2) is 10.6 Å². The second-order valence-electron chi connectivity index (χ2n) is 7.11. The van der Waals surface area contributed by atoms with Gasteiger partial charge in [-0.2, -0.15) is 5.10 Å². The number of rotatable bonds is 5. The zero-order chi connectivity index (χ0) is 16.7. The number of H-pyrrole nitrogens is 1. The summed E-state index contributed by atoms with van der Waals surface area (Å²) < 4.78 is 2.27. The van der Waals surface area contributed by atoms with Gasteiger partial charge in [-0.05, 0) is 67.6 Å². The molecular weight excluding hydrogens is 340 g/mol. The van der Waals surface area contributed by atoms with E-state index in [9.17, 15) is 4.79 Å². The van der Waals surface area contributed by atoms with Crippen molar-refractivity contribution in [3.63, 3.8) is 0 Å². The highest BCUT2D eigenvalue weighted by Gasteiger charge is 2.42. The van der Waals surface area contributed by atoms with Gasteiger partial charge < -0.3 is 5.32 Å². The van der Waals surface area contributed by atoms with Crippen LogP contribution in [0.25, 0.3) is 10.7 Å². The number of hydrogen-bond acceptors (Lipinski definition) is 4. The highest BCUT2D eigenvalue weighted by Crippen LogP contribution is 2.49. The Morgan fingerprint density at radius 2 is 2.42 bits per heavy atom. The summed E-state index contributed by atoms with van der Waals surface area (Å²) in [5.41, 5.74) is 0. The van der Waals surface area contributed by atoms with Crippen LogP contribution in [0.2, 0.25) is 0 Å². The number of hydrogen-bond donors (Lipinski definition) is 2. The maximum Gasteiger partial charge on any atom is 0.240 e. The van der Waals surface area contributed by atoms with Gasteiger partial charge in [-0.3, -0.25) is 14.5 Å². The molecule has 2 fully saturated rings. The first kappa shape index (κ1) is 16.0. The van der Waals surface area contributed by atoms with Crippen LogP contribution in [0.3, 0.4) is 0 Å². The predicted molar refractivity (Wildman–Crippen MR) is 97.3 cm³/mol. The monoisotopic (exact) mass is 362 g/mol. The van der Waals surface area contributed by atoms with Crippen molar-refractivity contribution in [2.75, 3.05) is 0 Å². The maximum atomic E-state index is 12.5. The van der Waals surface area contributed by atoms with Gasteiger partial charge in [0.2, 0.25) is 5.91 Å². The molecule has 0 aliphatic heterocycles. The lowest BCUT2D eigenvalue weighted by Crippen LogP contribution is -2.41. The van der Waals surface area contributed by atoms with Crippen molar-refractivity contribution in [1.82, 2.24) is 20.1 Å². The zero-order valence-corrected chi connectivity index (χ0v) is 15.3. The molecule has 5 nitrogen and oxygen atoms in total. The molecule has 2 N–H and O–H groups in total. The molecule has 2 heterocycles. The summed E-state index contributed by atoms with van der Waals surface area (Å²) in [7, 11) is 0. The van der Waals surface area contributed by atoms with Crippen molar-refractivity contribution >= 4 is 29.5 Å². The molecular formula is C17H22N4OS2. The first-order chi connectivity index (χ1) is 11.6. The van der Waals surface area contributed by atoms with Crippen LogP contribution in [0, 0.1) is 22.5 Å². The smallest absolute Gasteiger partial charge is 0.240 e. The van der Waals surface area contributed by atoms with Crippen LogP contribution in [0.4, 0.5) is 0 Å². The van der Waals surface area contributed by atoms with Crippen LogP contribution in [-0.4, -0.2) is 26.7 Å². The van der Waals surface area contributed by atoms with Gasteiger partial charge in [0.25, 0.3) is 0 Å². The molecule has 7 heteroatoms. The van der Waals surface area contributed by atoms with Crippen LogP contribution in [0.15, 0.2) is 17.5 Å². The van der Waals surface area contributed by atoms with E-state index in [1.54, 1.807) is 15.9 Å². The summed E-state index contributed by atoms with van der Waals surface area (Å²) in [5.74, 6) is 3.09. The molecule has 0 radical (unpaired) electrons. The van der Waals surface area contributed by atoms with E-state index in [1.807, 2.05) is 17.5 Å². The van der Waals surface area contributed by atoms with E-state index < -0.39 is 0 Å². The van der Waals surface area contributed by atoms with Gasteiger partial charge in [0.05, 0.1) is 4.88 Å². The number of aromatic nitrogens is 3. The summed E-state index contributed by atoms with van der Waals surface area (Å²) in [6.45, 7) is 2.37. The number of carbonyl (C=O) groups is 1. The average molecular weight is 363 g/mol. The molecule has 4 atom stereocenters. The fourth-order valence-electron chi connectivity index (χ4n) is 4.51. The minimum atomic E-state index is 0.0144. The molecule has 0 aromatic carbocycles. The van der Waals surface area contributed by atoms with E-state index in [4.69, 9.17) is 12.2 Å². The SMILES string of the molecule is CC(NC(=O)Cn1c(-c2cccs2)n[nH]c1=S)C1CC2CCC1C2. The number of nitrogens with one attached hydrogen (secondary N) is 2. The minimum Gasteiger partial charge on any atom is -0.352 e. The van der Waals surface area contributed by atoms with E-state index in [0.29, 0.717) is 10.7 Å². The summed E-state index contributed by atoms with van der Waals surface area (Å²) in [4.78, 5) is 13.6. The van der Waals surface area contributed by atoms with Crippen molar-refractivity contribution in [3.8, 4) is 10.7 Å². The van der Waals surface area contributed by atoms with Gasteiger partial charge in [0.1, 0.15) is 6.54 Å². The molecule has 2 aliphatic rings. The molecule has 1 amide bonds. The molecule has 0 saturated heterocycles. The van der Waals surface area contributed by atoms with Gasteiger partial charge in [-0.1, -0.05) is 12.5 Å². The Morgan fingerprint density at radius 1 is 1.54 bits per heavy atom. The quantitative estimate of drug-likeness (QED) is 0.799. The Hall–Kier alpha value is -1.47. The van der Waals surface area contributed by atoms with E-state index in [1.165, 1.54) is 25.7 Å². The Morgan fingerprint density at radius 3 is 3.08 bits per heavy atom. The third kappa shape index (κ3) is 2.95. The Labute approximate surface area is 150 Å². The normalized spacial score (nSPS) is 26.6. The van der Waals surface area contributed by atoms with Crippen LogP contribution in [0.5, 0.6) is 0 Å². The first-order valence-corrected chi connectivity index (χ1v) is 9.89. The molecule has 2 aromatic rings. The fourth-order valence-corrected chi connectivity index (χ4v) is 5.43. The summed E-state index contributed by atoms with van der Waals surface area (Å²) in [6, 6.07) is 4.19. The number of nitrogens with zero attached hydrogens (tertiary/aromatic N) is 2. The molecule has 128 valence electrons. The predicted octanol–water partition coefficient (Wildman–Crippen LogP) is 3.61. The summed E-state index contributed by atoms with van der Waals surface area (Å²) in [6.07, 6.45) is 5.36. The van der Waals surface area contributed by atoms with Gasteiger partial charge in [0, 0.05) is 6.04 Å². The first-order valence-electron chi connectivity index (χ1n) is 8.60. The van der Waals surface area contributed by atoms with Crippen molar-refractivity contribution in [2.45, 2.75) is 45.2 Å². The molecule has 2 aromatic heterocycles. The lowest BCUT2D eigenvalue weighted by Gasteiger charge is -2.28. The summed E-state index contributed by atoms with van der Waals surface area (Å²) in [5, 5.41) is 12.3. The number of fused-ring (bicyclic) bond motifs is 2. The van der Waals surface area contributed by atoms with Crippen molar-refractivity contribution in [3.05, 3.63) is 22.3 Å². The topological polar surface area (TPSA) is 62.7 Å². The van der Waals surface area contributed by atoms with Gasteiger partial charge in [-0.15, -0.1) is 11.3 Å². The second kappa shape index (κ2) is 6.44. The van der Waals surface area contributed by atoms with Crippen molar-refractivity contribution in [1.29, 1.82) is 0 Å². The third-order valence-corrected chi connectivity index (χ3v) is 6.80. The van der Waals surface area contributed by atoms with Crippen LogP contribution < -0.4 is 5.32 Å². The van der Waals surface area contributed by atoms with Crippen LogP contribution >= 0.6 is 23.6 Å². The Kier molecular flexibility index (Phi) is 4.30. The Bertz CT molecular complexity index is 779. The lowest BCUT2D eigenvalue weighted by molar-refractivity contribution is -0.122. The molecule has 4 unspecified atom stereocenters. The molecule has 2 bridgehead atoms.